The number of carboxylic acids is 2. The Morgan fingerprint density at radius 2 is 1.75 bits per heavy atom. The molecule has 2 unspecified atom stereocenters. The number of hydrogen-bond acceptors (Lipinski definition) is 3. The maximum Gasteiger partial charge on any atom is 0.332 e. The predicted molar refractivity (Wildman–Crippen MR) is 58.5 cm³/mol. The fourth-order valence-electron chi connectivity index (χ4n) is 1.40. The summed E-state index contributed by atoms with van der Waals surface area (Å²) in [6, 6.07) is 0. The van der Waals surface area contributed by atoms with Crippen molar-refractivity contribution in [3.05, 3.63) is 11.6 Å². The molecule has 0 aliphatic carbocycles. The van der Waals surface area contributed by atoms with E-state index in [1.165, 1.54) is 20.8 Å². The molecule has 0 fully saturated rings. The number of carbonyl (C=O) groups is 2. The Labute approximate surface area is 98.3 Å². The molecule has 3 N–H and O–H groups in total. The van der Waals surface area contributed by atoms with Crippen molar-refractivity contribution in [2.75, 3.05) is 0 Å². The SMILES string of the molecule is CC(O)C(Cl)C(C)(C)/C(=C/C(=O)O)C(=O)O. The molecular formula is C10H15ClO5. The highest BCUT2D eigenvalue weighted by Crippen LogP contribution is 2.35. The molecule has 0 heterocycles. The van der Waals surface area contributed by atoms with Gasteiger partial charge in [-0.3, -0.25) is 0 Å². The Hall–Kier alpha value is -1.07. The molecule has 0 radical (unpaired) electrons. The quantitative estimate of drug-likeness (QED) is 0.502. The van der Waals surface area contributed by atoms with Crippen molar-refractivity contribution < 1.29 is 24.9 Å². The van der Waals surface area contributed by atoms with Crippen molar-refractivity contribution >= 4 is 23.5 Å². The van der Waals surface area contributed by atoms with Crippen LogP contribution in [0.15, 0.2) is 11.6 Å². The monoisotopic (exact) mass is 250 g/mol. The number of hydrogen-bond donors (Lipinski definition) is 3. The number of carboxylic acid groups (broad SMARTS) is 2. The lowest BCUT2D eigenvalue weighted by atomic mass is 9.78. The van der Waals surface area contributed by atoms with Crippen molar-refractivity contribution in [1.29, 1.82) is 0 Å². The van der Waals surface area contributed by atoms with Crippen molar-refractivity contribution in [2.24, 2.45) is 5.41 Å². The van der Waals surface area contributed by atoms with Gasteiger partial charge in [0.1, 0.15) is 0 Å². The van der Waals surface area contributed by atoms with E-state index in [0.717, 1.165) is 0 Å². The molecule has 0 saturated carbocycles. The van der Waals surface area contributed by atoms with Crippen LogP contribution in [0.1, 0.15) is 20.8 Å². The molecule has 0 aliphatic heterocycles. The van der Waals surface area contributed by atoms with Gasteiger partial charge >= 0.3 is 11.9 Å². The third-order valence-corrected chi connectivity index (χ3v) is 3.22. The molecule has 0 bridgehead atoms. The van der Waals surface area contributed by atoms with Crippen LogP contribution in [0.3, 0.4) is 0 Å². The van der Waals surface area contributed by atoms with E-state index in [-0.39, 0.29) is 5.57 Å². The van der Waals surface area contributed by atoms with Gasteiger partial charge in [-0.1, -0.05) is 13.8 Å². The van der Waals surface area contributed by atoms with Crippen molar-refractivity contribution in [3.8, 4) is 0 Å². The van der Waals surface area contributed by atoms with E-state index in [1.54, 1.807) is 0 Å². The number of aliphatic hydroxyl groups excluding tert-OH is 1. The Morgan fingerprint density at radius 1 is 1.31 bits per heavy atom. The second kappa shape index (κ2) is 5.32. The van der Waals surface area contributed by atoms with Crippen LogP contribution in [-0.2, 0) is 9.59 Å². The summed E-state index contributed by atoms with van der Waals surface area (Å²) in [6.45, 7) is 4.36. The zero-order chi connectivity index (χ0) is 13.1. The van der Waals surface area contributed by atoms with Gasteiger partial charge in [0, 0.05) is 11.5 Å². The first kappa shape index (κ1) is 14.9. The van der Waals surface area contributed by atoms with E-state index in [0.29, 0.717) is 6.08 Å². The number of aliphatic carboxylic acids is 2. The zero-order valence-corrected chi connectivity index (χ0v) is 10.0. The van der Waals surface area contributed by atoms with E-state index in [2.05, 4.69) is 0 Å². The summed E-state index contributed by atoms with van der Waals surface area (Å²) in [4.78, 5) is 21.4. The highest BCUT2D eigenvalue weighted by Gasteiger charge is 2.38. The summed E-state index contributed by atoms with van der Waals surface area (Å²) in [7, 11) is 0. The molecular weight excluding hydrogens is 236 g/mol. The number of rotatable bonds is 5. The first-order valence-electron chi connectivity index (χ1n) is 4.61. The topological polar surface area (TPSA) is 94.8 Å². The smallest absolute Gasteiger partial charge is 0.332 e. The lowest BCUT2D eigenvalue weighted by Gasteiger charge is -2.32. The summed E-state index contributed by atoms with van der Waals surface area (Å²) in [6.07, 6.45) is -0.353. The van der Waals surface area contributed by atoms with Crippen LogP contribution < -0.4 is 0 Å². The minimum Gasteiger partial charge on any atom is -0.478 e. The average Bonchev–Trinajstić information content (AvgIpc) is 2.11. The summed E-state index contributed by atoms with van der Waals surface area (Å²) in [5.74, 6) is -2.72. The molecule has 16 heavy (non-hydrogen) atoms. The van der Waals surface area contributed by atoms with Gasteiger partial charge in [0.15, 0.2) is 0 Å². The van der Waals surface area contributed by atoms with Crippen LogP contribution in [0, 0.1) is 5.41 Å². The number of alkyl halides is 1. The molecule has 0 rings (SSSR count). The van der Waals surface area contributed by atoms with Crippen molar-refractivity contribution in [2.45, 2.75) is 32.3 Å². The minimum atomic E-state index is -1.36. The maximum absolute atomic E-state index is 10.9. The zero-order valence-electron chi connectivity index (χ0n) is 9.27. The van der Waals surface area contributed by atoms with Crippen LogP contribution in [0.5, 0.6) is 0 Å². The molecule has 0 aromatic heterocycles. The van der Waals surface area contributed by atoms with Crippen LogP contribution in [0.25, 0.3) is 0 Å². The largest absolute Gasteiger partial charge is 0.478 e. The molecule has 0 saturated heterocycles. The highest BCUT2D eigenvalue weighted by molar-refractivity contribution is 6.22. The molecule has 0 amide bonds. The molecule has 6 heteroatoms. The van der Waals surface area contributed by atoms with E-state index in [9.17, 15) is 14.7 Å². The fourth-order valence-corrected chi connectivity index (χ4v) is 1.52. The molecule has 2 atom stereocenters. The third-order valence-electron chi connectivity index (χ3n) is 2.31. The van der Waals surface area contributed by atoms with Crippen LogP contribution in [0.2, 0.25) is 0 Å². The van der Waals surface area contributed by atoms with Gasteiger partial charge in [-0.05, 0) is 6.92 Å². The normalized spacial score (nSPS) is 16.7. The second-order valence-corrected chi connectivity index (χ2v) is 4.54. The number of halogens is 1. The lowest BCUT2D eigenvalue weighted by Crippen LogP contribution is -2.37. The van der Waals surface area contributed by atoms with E-state index < -0.39 is 28.8 Å². The van der Waals surface area contributed by atoms with Gasteiger partial charge in [0.05, 0.1) is 17.1 Å². The molecule has 0 aromatic carbocycles. The van der Waals surface area contributed by atoms with E-state index in [4.69, 9.17) is 21.8 Å². The Balaban J connectivity index is 5.37. The first-order valence-corrected chi connectivity index (χ1v) is 5.05. The van der Waals surface area contributed by atoms with Gasteiger partial charge in [-0.2, -0.15) is 0 Å². The van der Waals surface area contributed by atoms with Crippen LogP contribution in [0.4, 0.5) is 0 Å². The summed E-state index contributed by atoms with van der Waals surface area (Å²) >= 11 is 5.88. The fraction of sp³-hybridized carbons (Fsp3) is 0.600. The first-order chi connectivity index (χ1) is 7.10. The van der Waals surface area contributed by atoms with Crippen molar-refractivity contribution in [3.63, 3.8) is 0 Å². The van der Waals surface area contributed by atoms with Gasteiger partial charge in [0.25, 0.3) is 0 Å². The second-order valence-electron chi connectivity index (χ2n) is 4.07. The van der Waals surface area contributed by atoms with Gasteiger partial charge in [-0.15, -0.1) is 11.6 Å². The molecule has 92 valence electrons. The van der Waals surface area contributed by atoms with E-state index in [1.807, 2.05) is 0 Å². The van der Waals surface area contributed by atoms with Crippen LogP contribution >= 0.6 is 11.6 Å². The standard InChI is InChI=1S/C10H15ClO5/c1-5(12)8(11)10(2,3)6(9(15)16)4-7(13)14/h4-5,8,12H,1-3H3,(H,13,14)(H,15,16)/b6-4+. The third kappa shape index (κ3) is 3.50. The number of aliphatic hydroxyl groups is 1. The van der Waals surface area contributed by atoms with Gasteiger partial charge in [-0.25, -0.2) is 9.59 Å². The van der Waals surface area contributed by atoms with Crippen molar-refractivity contribution in [1.82, 2.24) is 0 Å². The summed E-state index contributed by atoms with van der Waals surface area (Å²) < 4.78 is 0. The van der Waals surface area contributed by atoms with Gasteiger partial charge < -0.3 is 15.3 Å². The summed E-state index contributed by atoms with van der Waals surface area (Å²) in [5, 5.41) is 25.9. The lowest BCUT2D eigenvalue weighted by molar-refractivity contribution is -0.136. The molecule has 5 nitrogen and oxygen atoms in total. The van der Waals surface area contributed by atoms with Gasteiger partial charge in [0.2, 0.25) is 0 Å². The van der Waals surface area contributed by atoms with E-state index >= 15 is 0 Å². The highest BCUT2D eigenvalue weighted by atomic mass is 35.5. The Bertz CT molecular complexity index is 319. The Kier molecular flexibility index (Phi) is 4.96. The summed E-state index contributed by atoms with van der Waals surface area (Å²) in [5.41, 5.74) is -1.50. The maximum atomic E-state index is 10.9. The predicted octanol–water partition coefficient (Wildman–Crippen LogP) is 1.10. The minimum absolute atomic E-state index is 0.346. The molecule has 0 spiro atoms. The molecule has 0 aromatic rings. The average molecular weight is 251 g/mol. The van der Waals surface area contributed by atoms with Crippen LogP contribution in [-0.4, -0.2) is 38.7 Å². The molecule has 0 aliphatic rings. The Morgan fingerprint density at radius 3 is 2.00 bits per heavy atom.